The van der Waals surface area contributed by atoms with E-state index in [1.54, 1.807) is 6.92 Å². The minimum atomic E-state index is -2.46. The number of unbranched alkanes of at least 4 members (excludes halogenated alkanes) is 1. The molecular weight excluding hydrogens is 439 g/mol. The van der Waals surface area contributed by atoms with Crippen LogP contribution >= 0.6 is 0 Å². The molecule has 0 saturated carbocycles. The molecule has 0 amide bonds. The Labute approximate surface area is 189 Å². The second-order valence-electron chi connectivity index (χ2n) is 7.81. The predicted molar refractivity (Wildman–Crippen MR) is 116 cm³/mol. The molecule has 174 valence electrons. The van der Waals surface area contributed by atoms with E-state index in [0.29, 0.717) is 12.4 Å². The third-order valence-corrected chi connectivity index (χ3v) is 5.72. The van der Waals surface area contributed by atoms with Crippen molar-refractivity contribution in [2.24, 2.45) is 0 Å². The zero-order chi connectivity index (χ0) is 23.7. The maximum Gasteiger partial charge on any atom is 0.171 e. The van der Waals surface area contributed by atoms with E-state index in [2.05, 4.69) is 0 Å². The van der Waals surface area contributed by atoms with Gasteiger partial charge in [0.2, 0.25) is 0 Å². The van der Waals surface area contributed by atoms with Gasteiger partial charge in [-0.1, -0.05) is 31.5 Å². The van der Waals surface area contributed by atoms with Crippen LogP contribution in [-0.4, -0.2) is 13.2 Å². The van der Waals surface area contributed by atoms with Crippen molar-refractivity contribution in [2.45, 2.75) is 39.0 Å². The van der Waals surface area contributed by atoms with Crippen LogP contribution in [0, 0.1) is 17.5 Å². The average molecular weight is 462 g/mol. The Morgan fingerprint density at radius 2 is 1.33 bits per heavy atom. The highest BCUT2D eigenvalue weighted by molar-refractivity contribution is 5.80. The van der Waals surface area contributed by atoms with Crippen LogP contribution in [0.5, 0.6) is 11.5 Å². The Bertz CT molecular complexity index is 1180. The molecule has 2 atom stereocenters. The summed E-state index contributed by atoms with van der Waals surface area (Å²) in [6.45, 7) is 4.20. The van der Waals surface area contributed by atoms with Crippen LogP contribution in [0.3, 0.4) is 0 Å². The minimum Gasteiger partial charge on any atom is -0.493 e. The van der Waals surface area contributed by atoms with Crippen molar-refractivity contribution >= 4 is 0 Å². The summed E-state index contributed by atoms with van der Waals surface area (Å²) in [5, 5.41) is 0. The Kier molecular flexibility index (Phi) is 6.58. The quantitative estimate of drug-likeness (QED) is 0.261. The second-order valence-corrected chi connectivity index (χ2v) is 7.81. The monoisotopic (exact) mass is 462 g/mol. The van der Waals surface area contributed by atoms with Crippen molar-refractivity contribution in [3.05, 3.63) is 71.0 Å². The first kappa shape index (κ1) is 23.1. The van der Waals surface area contributed by atoms with E-state index < -0.39 is 40.9 Å². The van der Waals surface area contributed by atoms with E-state index in [9.17, 15) is 13.2 Å². The fraction of sp³-hybridized carbons (Fsp3) is 0.308. The number of rotatable bonds is 7. The predicted octanol–water partition coefficient (Wildman–Crippen LogP) is 8.05. The van der Waals surface area contributed by atoms with Gasteiger partial charge in [0, 0.05) is 28.3 Å². The van der Waals surface area contributed by atoms with Crippen LogP contribution in [0.1, 0.15) is 50.2 Å². The van der Waals surface area contributed by atoms with Crippen molar-refractivity contribution in [1.29, 1.82) is 0 Å². The van der Waals surface area contributed by atoms with Gasteiger partial charge in [-0.15, -0.1) is 0 Å². The maximum absolute atomic E-state index is 15.5. The lowest BCUT2D eigenvalue weighted by Gasteiger charge is -2.28. The number of benzene rings is 3. The summed E-state index contributed by atoms with van der Waals surface area (Å²) in [6.07, 6.45) is -3.17. The summed E-state index contributed by atoms with van der Waals surface area (Å²) in [4.78, 5) is 0. The topological polar surface area (TPSA) is 18.5 Å². The first-order valence-corrected chi connectivity index (χ1v) is 10.9. The van der Waals surface area contributed by atoms with E-state index in [4.69, 9.17) is 9.47 Å². The van der Waals surface area contributed by atoms with Crippen LogP contribution in [0.4, 0.5) is 22.0 Å². The van der Waals surface area contributed by atoms with Gasteiger partial charge in [-0.3, -0.25) is 0 Å². The summed E-state index contributed by atoms with van der Waals surface area (Å²) < 4.78 is 85.7. The molecule has 1 aliphatic rings. The number of hydrogen-bond donors (Lipinski definition) is 0. The van der Waals surface area contributed by atoms with Gasteiger partial charge in [0.15, 0.2) is 23.9 Å². The SMILES string of the molecule is CCCCOc1ccc(-c2ccc3c(c2F)C(F)C(F)c2c-3ccc(OCC)c2F)c(F)c1. The molecule has 7 heteroatoms. The highest BCUT2D eigenvalue weighted by atomic mass is 19.2. The first-order chi connectivity index (χ1) is 15.9. The largest absolute Gasteiger partial charge is 0.493 e. The van der Waals surface area contributed by atoms with Gasteiger partial charge >= 0.3 is 0 Å². The molecule has 1 aliphatic carbocycles. The standard InChI is InChI=1S/C26H23F5O2/c1-3-5-12-33-14-6-7-15(19(27)13-14)18-9-8-16-17-10-11-20(32-4-2)24(29)22(17)26(31)25(30)21(16)23(18)28/h6-11,13,25-26H,3-5,12H2,1-2H3. The van der Waals surface area contributed by atoms with Gasteiger partial charge in [0.1, 0.15) is 17.4 Å². The number of alkyl halides is 2. The molecule has 0 heterocycles. The Morgan fingerprint density at radius 3 is 1.97 bits per heavy atom. The number of halogens is 5. The van der Waals surface area contributed by atoms with Crippen molar-refractivity contribution < 1.29 is 31.4 Å². The van der Waals surface area contributed by atoms with Crippen molar-refractivity contribution in [1.82, 2.24) is 0 Å². The Hall–Kier alpha value is -3.09. The lowest BCUT2D eigenvalue weighted by molar-refractivity contribution is 0.159. The van der Waals surface area contributed by atoms with Crippen LogP contribution in [0.15, 0.2) is 42.5 Å². The summed E-state index contributed by atoms with van der Waals surface area (Å²) in [5.74, 6) is -2.75. The summed E-state index contributed by atoms with van der Waals surface area (Å²) in [7, 11) is 0. The first-order valence-electron chi connectivity index (χ1n) is 10.9. The highest BCUT2D eigenvalue weighted by Gasteiger charge is 2.40. The van der Waals surface area contributed by atoms with E-state index >= 15 is 8.78 Å². The summed E-state index contributed by atoms with van der Waals surface area (Å²) in [5.41, 5.74) is -1.32. The smallest absolute Gasteiger partial charge is 0.171 e. The minimum absolute atomic E-state index is 0.0227. The van der Waals surface area contributed by atoms with E-state index in [1.807, 2.05) is 6.92 Å². The molecule has 0 saturated heterocycles. The van der Waals surface area contributed by atoms with E-state index in [1.165, 1.54) is 36.4 Å². The fourth-order valence-electron chi connectivity index (χ4n) is 4.08. The van der Waals surface area contributed by atoms with Gasteiger partial charge < -0.3 is 9.47 Å². The van der Waals surface area contributed by atoms with E-state index in [-0.39, 0.29) is 34.6 Å². The highest BCUT2D eigenvalue weighted by Crippen LogP contribution is 2.52. The molecule has 0 N–H and O–H groups in total. The van der Waals surface area contributed by atoms with Gasteiger partial charge in [-0.25, -0.2) is 22.0 Å². The molecule has 0 fully saturated rings. The Morgan fingerprint density at radius 1 is 0.727 bits per heavy atom. The van der Waals surface area contributed by atoms with Crippen molar-refractivity contribution in [2.75, 3.05) is 13.2 Å². The molecular formula is C26H23F5O2. The van der Waals surface area contributed by atoms with E-state index in [0.717, 1.165) is 18.9 Å². The van der Waals surface area contributed by atoms with Crippen molar-refractivity contribution in [3.63, 3.8) is 0 Å². The van der Waals surface area contributed by atoms with Crippen LogP contribution in [-0.2, 0) is 0 Å². The molecule has 0 aliphatic heterocycles. The number of ether oxygens (including phenoxy) is 2. The van der Waals surface area contributed by atoms with Crippen LogP contribution < -0.4 is 9.47 Å². The molecule has 2 nitrogen and oxygen atoms in total. The molecule has 33 heavy (non-hydrogen) atoms. The second kappa shape index (κ2) is 9.41. The van der Waals surface area contributed by atoms with Crippen LogP contribution in [0.2, 0.25) is 0 Å². The maximum atomic E-state index is 15.5. The van der Waals surface area contributed by atoms with Crippen molar-refractivity contribution in [3.8, 4) is 33.8 Å². The third-order valence-electron chi connectivity index (χ3n) is 5.72. The fourth-order valence-corrected chi connectivity index (χ4v) is 4.08. The number of hydrogen-bond acceptors (Lipinski definition) is 2. The molecule has 3 aromatic carbocycles. The zero-order valence-corrected chi connectivity index (χ0v) is 18.2. The number of fused-ring (bicyclic) bond motifs is 3. The molecule has 0 aromatic heterocycles. The average Bonchev–Trinajstić information content (AvgIpc) is 2.79. The van der Waals surface area contributed by atoms with Gasteiger partial charge in [-0.2, -0.15) is 0 Å². The molecule has 3 aromatic rings. The molecule has 4 rings (SSSR count). The lowest BCUT2D eigenvalue weighted by Crippen LogP contribution is -2.16. The van der Waals surface area contributed by atoms with Crippen LogP contribution in [0.25, 0.3) is 22.3 Å². The summed E-state index contributed by atoms with van der Waals surface area (Å²) >= 11 is 0. The molecule has 0 bridgehead atoms. The Balaban J connectivity index is 1.79. The molecule has 2 unspecified atom stereocenters. The third kappa shape index (κ3) is 4.05. The lowest BCUT2D eigenvalue weighted by atomic mass is 9.81. The summed E-state index contributed by atoms with van der Waals surface area (Å²) in [6, 6.07) is 9.29. The molecule has 0 spiro atoms. The van der Waals surface area contributed by atoms with Gasteiger partial charge in [0.05, 0.1) is 13.2 Å². The zero-order valence-electron chi connectivity index (χ0n) is 18.2. The van der Waals surface area contributed by atoms with Gasteiger partial charge in [0.25, 0.3) is 0 Å². The van der Waals surface area contributed by atoms with Gasteiger partial charge in [-0.05, 0) is 42.7 Å². The molecule has 0 radical (unpaired) electrons. The normalized spacial score (nSPS) is 16.8.